The zero-order chi connectivity index (χ0) is 11.8. The Labute approximate surface area is 98.1 Å². The Balaban J connectivity index is 2.52. The van der Waals surface area contributed by atoms with Crippen molar-refractivity contribution in [1.82, 2.24) is 14.5 Å². The van der Waals surface area contributed by atoms with Gasteiger partial charge in [0.05, 0.1) is 11.0 Å². The number of rotatable bonds is 1. The van der Waals surface area contributed by atoms with Crippen molar-refractivity contribution >= 4 is 22.2 Å². The van der Waals surface area contributed by atoms with E-state index in [2.05, 4.69) is 9.97 Å². The highest BCUT2D eigenvalue weighted by molar-refractivity contribution is 5.84. The van der Waals surface area contributed by atoms with Crippen LogP contribution < -0.4 is 5.49 Å². The molecular weight excluding hydrogens is 212 g/mol. The van der Waals surface area contributed by atoms with Crippen LogP contribution in [0.2, 0.25) is 0 Å². The van der Waals surface area contributed by atoms with Gasteiger partial charge in [0.15, 0.2) is 5.65 Å². The molecule has 0 radical (unpaired) electrons. The molecule has 84 valence electrons. The molecule has 3 rings (SSSR count). The first-order valence-corrected chi connectivity index (χ1v) is 5.60. The van der Waals surface area contributed by atoms with Gasteiger partial charge in [-0.15, -0.1) is 0 Å². The maximum atomic E-state index is 7.86. The molecular formula is C13H12N4. The molecule has 0 saturated heterocycles. The van der Waals surface area contributed by atoms with E-state index in [4.69, 9.17) is 5.41 Å². The maximum absolute atomic E-state index is 7.86. The van der Waals surface area contributed by atoms with Crippen LogP contribution in [0.3, 0.4) is 0 Å². The molecule has 3 aromatic rings. The predicted molar refractivity (Wildman–Crippen MR) is 66.6 cm³/mol. The third kappa shape index (κ3) is 1.49. The first-order valence-electron chi connectivity index (χ1n) is 5.60. The van der Waals surface area contributed by atoms with Crippen molar-refractivity contribution in [2.45, 2.75) is 13.5 Å². The number of para-hydroxylation sites is 2. The van der Waals surface area contributed by atoms with Gasteiger partial charge in [0, 0.05) is 6.54 Å². The lowest BCUT2D eigenvalue weighted by Crippen LogP contribution is -2.19. The predicted octanol–water partition coefficient (Wildman–Crippen LogP) is 2.08. The minimum absolute atomic E-state index is 0.463. The third-order valence-corrected chi connectivity index (χ3v) is 2.84. The molecule has 2 aromatic heterocycles. The molecule has 0 atom stereocenters. The molecule has 0 fully saturated rings. The van der Waals surface area contributed by atoms with Crippen LogP contribution in [0.5, 0.6) is 0 Å². The maximum Gasteiger partial charge on any atom is 0.160 e. The largest absolute Gasteiger partial charge is 0.310 e. The average Bonchev–Trinajstić information content (AvgIpc) is 2.36. The molecule has 2 heterocycles. The zero-order valence-corrected chi connectivity index (χ0v) is 9.51. The molecule has 0 unspecified atom stereocenters. The fourth-order valence-corrected chi connectivity index (χ4v) is 2.00. The van der Waals surface area contributed by atoms with Crippen molar-refractivity contribution in [2.24, 2.45) is 0 Å². The SMILES string of the molecule is CCn1c(=N)ccc2nc3ccccc3nc21. The molecule has 0 spiro atoms. The van der Waals surface area contributed by atoms with Gasteiger partial charge in [-0.3, -0.25) is 5.41 Å². The summed E-state index contributed by atoms with van der Waals surface area (Å²) in [7, 11) is 0. The van der Waals surface area contributed by atoms with Crippen LogP contribution in [0.15, 0.2) is 36.4 Å². The number of nitrogens with zero attached hydrogens (tertiary/aromatic N) is 3. The van der Waals surface area contributed by atoms with Crippen molar-refractivity contribution < 1.29 is 0 Å². The van der Waals surface area contributed by atoms with Crippen LogP contribution >= 0.6 is 0 Å². The van der Waals surface area contributed by atoms with Gasteiger partial charge < -0.3 is 4.57 Å². The van der Waals surface area contributed by atoms with E-state index in [-0.39, 0.29) is 0 Å². The van der Waals surface area contributed by atoms with E-state index in [9.17, 15) is 0 Å². The first-order chi connectivity index (χ1) is 8.29. The summed E-state index contributed by atoms with van der Waals surface area (Å²) in [6, 6.07) is 11.4. The van der Waals surface area contributed by atoms with Gasteiger partial charge in [-0.05, 0) is 31.2 Å². The van der Waals surface area contributed by atoms with E-state index in [0.29, 0.717) is 5.49 Å². The molecule has 0 aliphatic carbocycles. The second kappa shape index (κ2) is 3.66. The van der Waals surface area contributed by atoms with Gasteiger partial charge in [-0.25, -0.2) is 9.97 Å². The lowest BCUT2D eigenvalue weighted by atomic mass is 10.3. The number of hydrogen-bond acceptors (Lipinski definition) is 3. The fraction of sp³-hybridized carbons (Fsp3) is 0.154. The second-order valence-electron chi connectivity index (χ2n) is 3.88. The summed E-state index contributed by atoms with van der Waals surface area (Å²) in [6.07, 6.45) is 0. The summed E-state index contributed by atoms with van der Waals surface area (Å²) in [5.41, 5.74) is 3.83. The van der Waals surface area contributed by atoms with Crippen LogP contribution in [-0.4, -0.2) is 14.5 Å². The van der Waals surface area contributed by atoms with Crippen LogP contribution in [0.4, 0.5) is 0 Å². The van der Waals surface area contributed by atoms with Crippen molar-refractivity contribution in [1.29, 1.82) is 5.41 Å². The van der Waals surface area contributed by atoms with Crippen molar-refractivity contribution in [3.63, 3.8) is 0 Å². The molecule has 1 aromatic carbocycles. The Morgan fingerprint density at radius 2 is 1.71 bits per heavy atom. The van der Waals surface area contributed by atoms with Crippen molar-refractivity contribution in [3.8, 4) is 0 Å². The number of benzene rings is 1. The third-order valence-electron chi connectivity index (χ3n) is 2.84. The van der Waals surface area contributed by atoms with Gasteiger partial charge in [-0.1, -0.05) is 12.1 Å². The molecule has 0 aliphatic rings. The summed E-state index contributed by atoms with van der Waals surface area (Å²) >= 11 is 0. The summed E-state index contributed by atoms with van der Waals surface area (Å²) in [6.45, 7) is 2.73. The molecule has 0 aliphatic heterocycles. The highest BCUT2D eigenvalue weighted by atomic mass is 15.1. The topological polar surface area (TPSA) is 54.6 Å². The standard InChI is InChI=1S/C13H12N4/c1-2-17-12(14)8-7-11-13(17)16-10-6-4-3-5-9(10)15-11/h3-8,14H,2H2,1H3. The van der Waals surface area contributed by atoms with Gasteiger partial charge in [0.25, 0.3) is 0 Å². The van der Waals surface area contributed by atoms with Crippen LogP contribution in [-0.2, 0) is 6.54 Å². The minimum Gasteiger partial charge on any atom is -0.310 e. The first kappa shape index (κ1) is 9.96. The number of fused-ring (bicyclic) bond motifs is 2. The zero-order valence-electron chi connectivity index (χ0n) is 9.51. The van der Waals surface area contributed by atoms with Crippen LogP contribution in [0.1, 0.15) is 6.92 Å². The van der Waals surface area contributed by atoms with E-state index < -0.39 is 0 Å². The Bertz CT molecular complexity index is 758. The van der Waals surface area contributed by atoms with E-state index >= 15 is 0 Å². The van der Waals surface area contributed by atoms with E-state index in [1.54, 1.807) is 6.07 Å². The minimum atomic E-state index is 0.463. The highest BCUT2D eigenvalue weighted by Gasteiger charge is 2.04. The number of nitrogens with one attached hydrogen (secondary N) is 1. The monoisotopic (exact) mass is 224 g/mol. The Morgan fingerprint density at radius 3 is 2.41 bits per heavy atom. The van der Waals surface area contributed by atoms with Gasteiger partial charge in [-0.2, -0.15) is 0 Å². The highest BCUT2D eigenvalue weighted by Crippen LogP contribution is 2.14. The Hall–Kier alpha value is -2.23. The molecule has 0 amide bonds. The molecule has 4 heteroatoms. The summed E-state index contributed by atoms with van der Waals surface area (Å²) in [4.78, 5) is 9.15. The van der Waals surface area contributed by atoms with E-state index in [1.165, 1.54) is 0 Å². The molecule has 1 N–H and O–H groups in total. The normalized spacial score (nSPS) is 11.1. The van der Waals surface area contributed by atoms with E-state index in [1.807, 2.05) is 41.8 Å². The van der Waals surface area contributed by atoms with Crippen molar-refractivity contribution in [2.75, 3.05) is 0 Å². The Morgan fingerprint density at radius 1 is 1.00 bits per heavy atom. The number of aromatic nitrogens is 3. The molecule has 17 heavy (non-hydrogen) atoms. The van der Waals surface area contributed by atoms with Crippen LogP contribution in [0, 0.1) is 5.41 Å². The summed E-state index contributed by atoms with van der Waals surface area (Å²) in [5.74, 6) is 0. The Kier molecular flexibility index (Phi) is 2.14. The number of hydrogen-bond donors (Lipinski definition) is 1. The number of pyridine rings is 1. The van der Waals surface area contributed by atoms with Gasteiger partial charge >= 0.3 is 0 Å². The fourth-order valence-electron chi connectivity index (χ4n) is 2.00. The summed E-state index contributed by atoms with van der Waals surface area (Å²) < 4.78 is 1.86. The molecule has 4 nitrogen and oxygen atoms in total. The van der Waals surface area contributed by atoms with Crippen LogP contribution in [0.25, 0.3) is 22.2 Å². The molecule has 0 bridgehead atoms. The lowest BCUT2D eigenvalue weighted by molar-refractivity contribution is 0.724. The second-order valence-corrected chi connectivity index (χ2v) is 3.88. The lowest BCUT2D eigenvalue weighted by Gasteiger charge is -2.08. The van der Waals surface area contributed by atoms with Gasteiger partial charge in [0.1, 0.15) is 11.0 Å². The molecule has 0 saturated carbocycles. The quantitative estimate of drug-likeness (QED) is 0.643. The van der Waals surface area contributed by atoms with E-state index in [0.717, 1.165) is 28.7 Å². The van der Waals surface area contributed by atoms with Gasteiger partial charge in [0.2, 0.25) is 0 Å². The average molecular weight is 224 g/mol. The summed E-state index contributed by atoms with van der Waals surface area (Å²) in [5, 5.41) is 7.86. The number of aryl methyl sites for hydroxylation is 1. The smallest absolute Gasteiger partial charge is 0.160 e. The van der Waals surface area contributed by atoms with Crippen molar-refractivity contribution in [3.05, 3.63) is 41.9 Å².